The van der Waals surface area contributed by atoms with E-state index in [0.29, 0.717) is 17.1 Å². The minimum atomic E-state index is -0.530. The zero-order valence-corrected chi connectivity index (χ0v) is 16.5. The number of anilines is 2. The minimum Gasteiger partial charge on any atom is -0.331 e. The highest BCUT2D eigenvalue weighted by molar-refractivity contribution is 7.80. The van der Waals surface area contributed by atoms with Crippen LogP contribution in [-0.2, 0) is 7.05 Å². The van der Waals surface area contributed by atoms with E-state index in [0.717, 1.165) is 0 Å². The van der Waals surface area contributed by atoms with E-state index >= 15 is 0 Å². The molecule has 1 heterocycles. The SMILES string of the molecule is Cc1c(NC(=S)Nc2cc([N+](=O)[O-])ccc2Cl)c(=O)n(-c2ccccc2)n1C. The molecular weight excluding hydrogens is 402 g/mol. The number of hydrogen-bond acceptors (Lipinski definition) is 4. The van der Waals surface area contributed by atoms with Gasteiger partial charge in [0.2, 0.25) is 0 Å². The molecule has 28 heavy (non-hydrogen) atoms. The molecule has 3 rings (SSSR count). The summed E-state index contributed by atoms with van der Waals surface area (Å²) in [7, 11) is 1.77. The van der Waals surface area contributed by atoms with Crippen molar-refractivity contribution in [2.45, 2.75) is 6.92 Å². The average molecular weight is 418 g/mol. The molecule has 3 aromatic rings. The first-order valence-electron chi connectivity index (χ1n) is 8.15. The number of nitrogens with zero attached hydrogens (tertiary/aromatic N) is 3. The second kappa shape index (κ2) is 7.83. The molecule has 0 spiro atoms. The number of nitro groups is 1. The fraction of sp³-hybridized carbons (Fsp3) is 0.111. The number of non-ortho nitro benzene ring substituents is 1. The topological polar surface area (TPSA) is 94.1 Å². The molecule has 0 atom stereocenters. The van der Waals surface area contributed by atoms with E-state index in [1.54, 1.807) is 18.7 Å². The highest BCUT2D eigenvalue weighted by Gasteiger charge is 2.18. The molecule has 0 aliphatic rings. The normalized spacial score (nSPS) is 10.5. The van der Waals surface area contributed by atoms with Gasteiger partial charge in [0.05, 0.1) is 27.0 Å². The van der Waals surface area contributed by atoms with Crippen LogP contribution in [0.3, 0.4) is 0 Å². The number of halogens is 1. The zero-order valence-electron chi connectivity index (χ0n) is 15.0. The molecule has 144 valence electrons. The van der Waals surface area contributed by atoms with E-state index in [4.69, 9.17) is 23.8 Å². The van der Waals surface area contributed by atoms with Gasteiger partial charge in [-0.25, -0.2) is 4.68 Å². The van der Waals surface area contributed by atoms with E-state index in [2.05, 4.69) is 10.6 Å². The predicted molar refractivity (Wildman–Crippen MR) is 114 cm³/mol. The Kier molecular flexibility index (Phi) is 5.48. The molecule has 0 radical (unpaired) electrons. The molecule has 0 amide bonds. The predicted octanol–water partition coefficient (Wildman–Crippen LogP) is 3.85. The van der Waals surface area contributed by atoms with Crippen LogP contribution in [0.5, 0.6) is 0 Å². The summed E-state index contributed by atoms with van der Waals surface area (Å²) in [6.07, 6.45) is 0. The number of benzene rings is 2. The standard InChI is InChI=1S/C18H16ClN5O3S/c1-11-16(17(25)23(22(11)2)12-6-4-3-5-7-12)21-18(28)20-15-10-13(24(26)27)8-9-14(15)19/h3-10H,1-2H3,(H2,20,21,28). The largest absolute Gasteiger partial charge is 0.331 e. The Hall–Kier alpha value is -3.17. The lowest BCUT2D eigenvalue weighted by Gasteiger charge is -2.10. The Morgan fingerprint density at radius 3 is 2.50 bits per heavy atom. The van der Waals surface area contributed by atoms with Gasteiger partial charge in [-0.05, 0) is 37.3 Å². The molecule has 10 heteroatoms. The van der Waals surface area contributed by atoms with Gasteiger partial charge in [0.15, 0.2) is 5.11 Å². The molecule has 2 N–H and O–H groups in total. The van der Waals surface area contributed by atoms with Crippen molar-refractivity contribution >= 4 is 46.0 Å². The number of nitrogens with one attached hydrogen (secondary N) is 2. The van der Waals surface area contributed by atoms with Crippen LogP contribution in [0.2, 0.25) is 5.02 Å². The van der Waals surface area contributed by atoms with Crippen molar-refractivity contribution in [3.8, 4) is 5.69 Å². The summed E-state index contributed by atoms with van der Waals surface area (Å²) in [4.78, 5) is 23.3. The number of aromatic nitrogens is 2. The second-order valence-electron chi connectivity index (χ2n) is 5.94. The average Bonchev–Trinajstić information content (AvgIpc) is 2.87. The van der Waals surface area contributed by atoms with Crippen molar-refractivity contribution in [2.75, 3.05) is 10.6 Å². The Morgan fingerprint density at radius 1 is 1.18 bits per heavy atom. The molecule has 0 saturated heterocycles. The monoisotopic (exact) mass is 417 g/mol. The van der Waals surface area contributed by atoms with Crippen molar-refractivity contribution in [2.24, 2.45) is 7.05 Å². The van der Waals surface area contributed by atoms with Crippen LogP contribution in [0, 0.1) is 17.0 Å². The van der Waals surface area contributed by atoms with Crippen molar-refractivity contribution in [1.82, 2.24) is 9.36 Å². The van der Waals surface area contributed by atoms with Gasteiger partial charge in [-0.3, -0.25) is 19.6 Å². The zero-order chi connectivity index (χ0) is 20.4. The fourth-order valence-electron chi connectivity index (χ4n) is 2.70. The van der Waals surface area contributed by atoms with Gasteiger partial charge in [0.1, 0.15) is 5.69 Å². The maximum Gasteiger partial charge on any atom is 0.295 e. The van der Waals surface area contributed by atoms with Crippen LogP contribution < -0.4 is 16.2 Å². The summed E-state index contributed by atoms with van der Waals surface area (Å²) in [5.74, 6) is 0. The third kappa shape index (κ3) is 3.75. The molecule has 2 aromatic carbocycles. The van der Waals surface area contributed by atoms with Gasteiger partial charge in [0.25, 0.3) is 11.2 Å². The van der Waals surface area contributed by atoms with Crippen LogP contribution in [0.25, 0.3) is 5.69 Å². The fourth-order valence-corrected chi connectivity index (χ4v) is 3.08. The maximum atomic E-state index is 12.9. The van der Waals surface area contributed by atoms with E-state index in [1.165, 1.54) is 22.9 Å². The van der Waals surface area contributed by atoms with Crippen LogP contribution >= 0.6 is 23.8 Å². The third-order valence-corrected chi connectivity index (χ3v) is 4.74. The molecule has 0 bridgehead atoms. The Morgan fingerprint density at radius 2 is 1.86 bits per heavy atom. The second-order valence-corrected chi connectivity index (χ2v) is 6.75. The van der Waals surface area contributed by atoms with Crippen molar-refractivity contribution < 1.29 is 4.92 Å². The molecule has 0 fully saturated rings. The highest BCUT2D eigenvalue weighted by atomic mass is 35.5. The Labute approximate surface area is 170 Å². The lowest BCUT2D eigenvalue weighted by Crippen LogP contribution is -2.25. The van der Waals surface area contributed by atoms with Crippen molar-refractivity contribution in [3.05, 3.63) is 79.7 Å². The van der Waals surface area contributed by atoms with Crippen LogP contribution in [0.4, 0.5) is 17.1 Å². The van der Waals surface area contributed by atoms with Crippen molar-refractivity contribution in [3.63, 3.8) is 0 Å². The quantitative estimate of drug-likeness (QED) is 0.380. The lowest BCUT2D eigenvalue weighted by molar-refractivity contribution is -0.384. The summed E-state index contributed by atoms with van der Waals surface area (Å²) < 4.78 is 3.23. The Balaban J connectivity index is 1.89. The smallest absolute Gasteiger partial charge is 0.295 e. The van der Waals surface area contributed by atoms with E-state index in [-0.39, 0.29) is 27.1 Å². The first-order chi connectivity index (χ1) is 13.3. The van der Waals surface area contributed by atoms with Gasteiger partial charge in [0, 0.05) is 19.2 Å². The number of hydrogen-bond donors (Lipinski definition) is 2. The molecule has 1 aromatic heterocycles. The van der Waals surface area contributed by atoms with Gasteiger partial charge in [-0.15, -0.1) is 0 Å². The number of thiocarbonyl (C=S) groups is 1. The summed E-state index contributed by atoms with van der Waals surface area (Å²) in [5, 5.41) is 17.0. The van der Waals surface area contributed by atoms with Crippen LogP contribution in [0.1, 0.15) is 5.69 Å². The molecule has 0 aliphatic carbocycles. The summed E-state index contributed by atoms with van der Waals surface area (Å²) >= 11 is 11.3. The molecule has 8 nitrogen and oxygen atoms in total. The highest BCUT2D eigenvalue weighted by Crippen LogP contribution is 2.27. The summed E-state index contributed by atoms with van der Waals surface area (Å²) in [6.45, 7) is 1.78. The molecule has 0 saturated carbocycles. The molecular formula is C18H16ClN5O3S. The maximum absolute atomic E-state index is 12.9. The van der Waals surface area contributed by atoms with Crippen LogP contribution in [0.15, 0.2) is 53.3 Å². The van der Waals surface area contributed by atoms with E-state index in [1.807, 2.05) is 30.3 Å². The van der Waals surface area contributed by atoms with Gasteiger partial charge in [-0.1, -0.05) is 29.8 Å². The summed E-state index contributed by atoms with van der Waals surface area (Å²) in [5.41, 5.74) is 1.54. The number of rotatable bonds is 4. The molecule has 0 aliphatic heterocycles. The first kappa shape index (κ1) is 19.6. The van der Waals surface area contributed by atoms with E-state index < -0.39 is 4.92 Å². The molecule has 0 unspecified atom stereocenters. The summed E-state index contributed by atoms with van der Waals surface area (Å²) in [6, 6.07) is 13.2. The Bertz CT molecular complexity index is 1120. The lowest BCUT2D eigenvalue weighted by atomic mass is 10.3. The van der Waals surface area contributed by atoms with Crippen molar-refractivity contribution in [1.29, 1.82) is 0 Å². The van der Waals surface area contributed by atoms with Gasteiger partial charge >= 0.3 is 0 Å². The number of nitro benzene ring substituents is 1. The number of para-hydroxylation sites is 1. The van der Waals surface area contributed by atoms with Crippen LogP contribution in [-0.4, -0.2) is 19.4 Å². The minimum absolute atomic E-state index is 0.0911. The third-order valence-electron chi connectivity index (χ3n) is 4.20. The van der Waals surface area contributed by atoms with E-state index in [9.17, 15) is 14.9 Å². The first-order valence-corrected chi connectivity index (χ1v) is 8.94. The van der Waals surface area contributed by atoms with Gasteiger partial charge < -0.3 is 10.6 Å². The van der Waals surface area contributed by atoms with Gasteiger partial charge in [-0.2, -0.15) is 0 Å².